The quantitative estimate of drug-likeness (QED) is 0.349. The summed E-state index contributed by atoms with van der Waals surface area (Å²) in [6, 6.07) is 19.6. The van der Waals surface area contributed by atoms with Gasteiger partial charge in [0.05, 0.1) is 17.7 Å². The Balaban J connectivity index is 2.06. The topological polar surface area (TPSA) is 96.0 Å². The zero-order valence-electron chi connectivity index (χ0n) is 21.8. The lowest BCUT2D eigenvalue weighted by Crippen LogP contribution is -2.51. The van der Waals surface area contributed by atoms with Crippen LogP contribution in [-0.2, 0) is 26.2 Å². The van der Waals surface area contributed by atoms with Crippen LogP contribution in [0.5, 0.6) is 5.75 Å². The molecule has 2 amide bonds. The van der Waals surface area contributed by atoms with Crippen LogP contribution in [0.4, 0.5) is 5.69 Å². The van der Waals surface area contributed by atoms with Crippen LogP contribution in [0.25, 0.3) is 0 Å². The lowest BCUT2D eigenvalue weighted by molar-refractivity contribution is -0.140. The van der Waals surface area contributed by atoms with E-state index in [9.17, 15) is 18.0 Å². The minimum Gasteiger partial charge on any atom is -0.497 e. The zero-order valence-corrected chi connectivity index (χ0v) is 24.3. The highest BCUT2D eigenvalue weighted by molar-refractivity contribution is 9.10. The second-order valence-corrected chi connectivity index (χ2v) is 11.5. The molecule has 10 heteroatoms. The molecular weight excluding hydrogens is 570 g/mol. The Labute approximate surface area is 232 Å². The van der Waals surface area contributed by atoms with Crippen molar-refractivity contribution in [3.8, 4) is 5.75 Å². The molecule has 0 aliphatic heterocycles. The van der Waals surface area contributed by atoms with Gasteiger partial charge in [-0.15, -0.1) is 0 Å². The summed E-state index contributed by atoms with van der Waals surface area (Å²) in [7, 11) is -1.06. The molecule has 8 nitrogen and oxygen atoms in total. The predicted octanol–water partition coefficient (Wildman–Crippen LogP) is 4.51. The number of carbonyl (C=O) groups excluding carboxylic acids is 2. The molecule has 0 unspecified atom stereocenters. The van der Waals surface area contributed by atoms with Gasteiger partial charge in [-0.3, -0.25) is 13.9 Å². The Morgan fingerprint density at radius 1 is 1.03 bits per heavy atom. The number of hydrogen-bond acceptors (Lipinski definition) is 5. The van der Waals surface area contributed by atoms with Crippen molar-refractivity contribution in [1.82, 2.24) is 10.2 Å². The number of nitrogens with zero attached hydrogens (tertiary/aromatic N) is 2. The van der Waals surface area contributed by atoms with Gasteiger partial charge < -0.3 is 15.0 Å². The fraction of sp³-hybridized carbons (Fsp3) is 0.286. The maximum absolute atomic E-state index is 13.9. The highest BCUT2D eigenvalue weighted by atomic mass is 79.9. The summed E-state index contributed by atoms with van der Waals surface area (Å²) in [5.41, 5.74) is 1.98. The number of sulfonamides is 1. The van der Waals surface area contributed by atoms with Gasteiger partial charge in [-0.1, -0.05) is 58.7 Å². The van der Waals surface area contributed by atoms with Crippen molar-refractivity contribution in [2.45, 2.75) is 37.8 Å². The SMILES string of the molecule is CC[C@@H](C(=O)NC)N(Cc1cccc(OC)c1)C(=O)CN(c1cccc(Br)c1)S(=O)(=O)c1ccc(C)cc1. The maximum Gasteiger partial charge on any atom is 0.264 e. The van der Waals surface area contributed by atoms with Crippen molar-refractivity contribution in [2.75, 3.05) is 25.0 Å². The summed E-state index contributed by atoms with van der Waals surface area (Å²) in [5.74, 6) is -0.237. The first kappa shape index (κ1) is 29.2. The Bertz CT molecular complexity index is 1380. The molecule has 202 valence electrons. The van der Waals surface area contributed by atoms with Crippen LogP contribution in [0, 0.1) is 6.92 Å². The average Bonchev–Trinajstić information content (AvgIpc) is 2.91. The lowest BCUT2D eigenvalue weighted by atomic mass is 10.1. The largest absolute Gasteiger partial charge is 0.497 e. The third-order valence-electron chi connectivity index (χ3n) is 6.10. The molecule has 3 aromatic rings. The highest BCUT2D eigenvalue weighted by Crippen LogP contribution is 2.27. The van der Waals surface area contributed by atoms with E-state index in [0.717, 1.165) is 15.4 Å². The molecule has 0 heterocycles. The summed E-state index contributed by atoms with van der Waals surface area (Å²) in [6.07, 6.45) is 0.344. The fourth-order valence-corrected chi connectivity index (χ4v) is 5.84. The van der Waals surface area contributed by atoms with E-state index >= 15 is 0 Å². The van der Waals surface area contributed by atoms with Gasteiger partial charge in [0.15, 0.2) is 0 Å². The van der Waals surface area contributed by atoms with E-state index in [1.807, 2.05) is 13.0 Å². The van der Waals surface area contributed by atoms with Crippen LogP contribution >= 0.6 is 15.9 Å². The zero-order chi connectivity index (χ0) is 27.9. The number of methoxy groups -OCH3 is 1. The van der Waals surface area contributed by atoms with Crippen molar-refractivity contribution in [3.63, 3.8) is 0 Å². The van der Waals surface area contributed by atoms with Gasteiger partial charge in [-0.05, 0) is 61.4 Å². The molecular formula is C28H32BrN3O5S. The lowest BCUT2D eigenvalue weighted by Gasteiger charge is -2.33. The molecule has 0 radical (unpaired) electrons. The number of likely N-dealkylation sites (N-methyl/N-ethyl adjacent to an activating group) is 1. The minimum atomic E-state index is -4.11. The first-order valence-electron chi connectivity index (χ1n) is 12.1. The molecule has 3 aromatic carbocycles. The minimum absolute atomic E-state index is 0.0635. The number of amides is 2. The number of benzene rings is 3. The summed E-state index contributed by atoms with van der Waals surface area (Å²) >= 11 is 3.40. The molecule has 0 saturated carbocycles. The van der Waals surface area contributed by atoms with Crippen LogP contribution < -0.4 is 14.4 Å². The number of ether oxygens (including phenoxy) is 1. The number of nitrogens with one attached hydrogen (secondary N) is 1. The van der Waals surface area contributed by atoms with Crippen molar-refractivity contribution in [3.05, 3.63) is 88.4 Å². The fourth-order valence-electron chi connectivity index (χ4n) is 4.05. The van der Waals surface area contributed by atoms with Gasteiger partial charge in [0, 0.05) is 18.1 Å². The van der Waals surface area contributed by atoms with Crippen molar-refractivity contribution >= 4 is 43.5 Å². The van der Waals surface area contributed by atoms with E-state index in [2.05, 4.69) is 21.2 Å². The molecule has 3 rings (SSSR count). The third kappa shape index (κ3) is 6.93. The molecule has 1 N–H and O–H groups in total. The first-order chi connectivity index (χ1) is 18.1. The van der Waals surface area contributed by atoms with Crippen LogP contribution in [0.15, 0.2) is 82.2 Å². The normalized spacial score (nSPS) is 11.9. The molecule has 0 saturated heterocycles. The van der Waals surface area contributed by atoms with E-state index in [1.54, 1.807) is 68.6 Å². The van der Waals surface area contributed by atoms with Crippen LogP contribution in [0.2, 0.25) is 0 Å². The average molecular weight is 603 g/mol. The smallest absolute Gasteiger partial charge is 0.264 e. The Hall–Kier alpha value is -3.37. The van der Waals surface area contributed by atoms with Gasteiger partial charge in [-0.25, -0.2) is 8.42 Å². The van der Waals surface area contributed by atoms with Crippen LogP contribution in [-0.4, -0.2) is 51.9 Å². The maximum atomic E-state index is 13.9. The standard InChI is InChI=1S/C28H32BrN3O5S/c1-5-26(28(34)30-3)31(18-21-8-6-11-24(16-21)37-4)27(33)19-32(23-10-7-9-22(29)17-23)38(35,36)25-14-12-20(2)13-15-25/h6-17,26H,5,18-19H2,1-4H3,(H,30,34)/t26-/m0/s1. The number of anilines is 1. The van der Waals surface area contributed by atoms with Gasteiger partial charge in [0.25, 0.3) is 10.0 Å². The van der Waals surface area contributed by atoms with Gasteiger partial charge >= 0.3 is 0 Å². The number of hydrogen-bond donors (Lipinski definition) is 1. The summed E-state index contributed by atoms with van der Waals surface area (Å²) in [4.78, 5) is 28.2. The second-order valence-electron chi connectivity index (χ2n) is 8.72. The molecule has 0 aromatic heterocycles. The van der Waals surface area contributed by atoms with E-state index in [4.69, 9.17) is 4.74 Å². The van der Waals surface area contributed by atoms with Crippen LogP contribution in [0.1, 0.15) is 24.5 Å². The number of rotatable bonds is 11. The van der Waals surface area contributed by atoms with Gasteiger partial charge in [0.2, 0.25) is 11.8 Å². The van der Waals surface area contributed by atoms with Crippen molar-refractivity contribution in [1.29, 1.82) is 0 Å². The molecule has 0 aliphatic rings. The number of halogens is 1. The summed E-state index contributed by atoms with van der Waals surface area (Å²) < 4.78 is 34.7. The van der Waals surface area contributed by atoms with Gasteiger partial charge in [-0.2, -0.15) is 0 Å². The van der Waals surface area contributed by atoms with E-state index < -0.39 is 28.5 Å². The first-order valence-corrected chi connectivity index (χ1v) is 14.3. The summed E-state index contributed by atoms with van der Waals surface area (Å²) in [5, 5.41) is 2.62. The number of aryl methyl sites for hydroxylation is 1. The van der Waals surface area contributed by atoms with E-state index in [0.29, 0.717) is 22.3 Å². The Kier molecular flexibility index (Phi) is 9.93. The third-order valence-corrected chi connectivity index (χ3v) is 8.38. The van der Waals surface area contributed by atoms with E-state index in [1.165, 1.54) is 24.1 Å². The van der Waals surface area contributed by atoms with Crippen LogP contribution in [0.3, 0.4) is 0 Å². The van der Waals surface area contributed by atoms with Crippen molar-refractivity contribution < 1.29 is 22.7 Å². The van der Waals surface area contributed by atoms with E-state index in [-0.39, 0.29) is 17.3 Å². The summed E-state index contributed by atoms with van der Waals surface area (Å²) in [6.45, 7) is 3.27. The molecule has 0 bridgehead atoms. The van der Waals surface area contributed by atoms with Gasteiger partial charge in [0.1, 0.15) is 18.3 Å². The molecule has 0 aliphatic carbocycles. The molecule has 1 atom stereocenters. The molecule has 38 heavy (non-hydrogen) atoms. The molecule has 0 spiro atoms. The predicted molar refractivity (Wildman–Crippen MR) is 152 cm³/mol. The monoisotopic (exact) mass is 601 g/mol. The van der Waals surface area contributed by atoms with Crippen molar-refractivity contribution in [2.24, 2.45) is 0 Å². The number of carbonyl (C=O) groups is 2. The Morgan fingerprint density at radius 2 is 1.71 bits per heavy atom. The second kappa shape index (κ2) is 12.9. The highest BCUT2D eigenvalue weighted by Gasteiger charge is 2.33. The Morgan fingerprint density at radius 3 is 2.32 bits per heavy atom. The molecule has 0 fully saturated rings.